The molecule has 5 nitrogen and oxygen atoms in total. The van der Waals surface area contributed by atoms with Crippen LogP contribution < -0.4 is 9.47 Å². The lowest BCUT2D eigenvalue weighted by Gasteiger charge is -2.09. The lowest BCUT2D eigenvalue weighted by atomic mass is 10.1. The summed E-state index contributed by atoms with van der Waals surface area (Å²) in [6, 6.07) is 12.9. The summed E-state index contributed by atoms with van der Waals surface area (Å²) >= 11 is 0. The average Bonchev–Trinajstić information content (AvgIpc) is 3.01. The molecule has 0 amide bonds. The van der Waals surface area contributed by atoms with Gasteiger partial charge in [-0.1, -0.05) is 29.7 Å². The van der Waals surface area contributed by atoms with Crippen molar-refractivity contribution < 1.29 is 19.0 Å². The first-order valence-corrected chi connectivity index (χ1v) is 7.94. The van der Waals surface area contributed by atoms with Crippen molar-refractivity contribution in [3.8, 4) is 23.8 Å². The molecule has 130 valence electrons. The molecule has 0 bridgehead atoms. The maximum Gasteiger partial charge on any atom is 0.363 e. The molecule has 26 heavy (non-hydrogen) atoms. The Hall–Kier alpha value is -3.52. The molecule has 0 saturated heterocycles. The number of methoxy groups -OCH3 is 1. The Bertz CT molecular complexity index is 951. The van der Waals surface area contributed by atoms with E-state index in [1.165, 1.54) is 7.11 Å². The second-order valence-corrected chi connectivity index (χ2v) is 5.61. The van der Waals surface area contributed by atoms with Crippen molar-refractivity contribution in [2.75, 3.05) is 13.7 Å². The number of aliphatic imine (C=N–C) groups is 1. The second kappa shape index (κ2) is 7.58. The Kier molecular flexibility index (Phi) is 5.04. The molecular weight excluding hydrogens is 330 g/mol. The SMILES string of the molecule is C#CCOc1ccc(C=C2N=C(c3cccc(C)c3)OC2=O)cc1OC. The number of hydrogen-bond acceptors (Lipinski definition) is 5. The zero-order valence-electron chi connectivity index (χ0n) is 14.5. The first-order valence-electron chi connectivity index (χ1n) is 7.94. The van der Waals surface area contributed by atoms with E-state index in [1.807, 2.05) is 31.2 Å². The zero-order chi connectivity index (χ0) is 18.5. The molecule has 0 atom stereocenters. The van der Waals surface area contributed by atoms with E-state index in [4.69, 9.17) is 20.6 Å². The molecule has 5 heteroatoms. The van der Waals surface area contributed by atoms with E-state index < -0.39 is 5.97 Å². The molecule has 2 aromatic rings. The van der Waals surface area contributed by atoms with E-state index in [2.05, 4.69) is 10.9 Å². The number of carbonyl (C=O) groups is 1. The number of benzene rings is 2. The minimum Gasteiger partial charge on any atom is -0.493 e. The van der Waals surface area contributed by atoms with Gasteiger partial charge in [0.15, 0.2) is 17.2 Å². The van der Waals surface area contributed by atoms with Crippen molar-refractivity contribution in [2.45, 2.75) is 6.92 Å². The molecule has 1 aliphatic rings. The van der Waals surface area contributed by atoms with Crippen molar-refractivity contribution >= 4 is 17.9 Å². The van der Waals surface area contributed by atoms with E-state index in [-0.39, 0.29) is 12.3 Å². The van der Waals surface area contributed by atoms with Crippen LogP contribution in [0.4, 0.5) is 0 Å². The van der Waals surface area contributed by atoms with Gasteiger partial charge in [0, 0.05) is 5.56 Å². The van der Waals surface area contributed by atoms with Crippen molar-refractivity contribution in [2.24, 2.45) is 4.99 Å². The lowest BCUT2D eigenvalue weighted by Crippen LogP contribution is -2.05. The Balaban J connectivity index is 1.89. The Labute approximate surface area is 151 Å². The van der Waals surface area contributed by atoms with Crippen LogP contribution in [0.2, 0.25) is 0 Å². The molecule has 1 aliphatic heterocycles. The van der Waals surface area contributed by atoms with Gasteiger partial charge >= 0.3 is 5.97 Å². The molecule has 0 aliphatic carbocycles. The third-order valence-corrected chi connectivity index (χ3v) is 3.69. The van der Waals surface area contributed by atoms with Gasteiger partial charge in [0.05, 0.1) is 7.11 Å². The molecule has 0 N–H and O–H groups in total. The summed E-state index contributed by atoms with van der Waals surface area (Å²) in [6.07, 6.45) is 6.84. The van der Waals surface area contributed by atoms with E-state index in [9.17, 15) is 4.79 Å². The van der Waals surface area contributed by atoms with Crippen molar-refractivity contribution in [3.05, 3.63) is 64.9 Å². The molecule has 2 aromatic carbocycles. The van der Waals surface area contributed by atoms with Crippen molar-refractivity contribution in [3.63, 3.8) is 0 Å². The number of hydrogen-bond donors (Lipinski definition) is 0. The Morgan fingerprint density at radius 1 is 1.23 bits per heavy atom. The molecule has 0 unspecified atom stereocenters. The maximum absolute atomic E-state index is 12.1. The summed E-state index contributed by atoms with van der Waals surface area (Å²) in [7, 11) is 1.53. The van der Waals surface area contributed by atoms with Gasteiger partial charge in [-0.15, -0.1) is 6.42 Å². The lowest BCUT2D eigenvalue weighted by molar-refractivity contribution is -0.129. The molecule has 0 aromatic heterocycles. The Morgan fingerprint density at radius 2 is 2.08 bits per heavy atom. The van der Waals surface area contributed by atoms with Crippen LogP contribution in [0.3, 0.4) is 0 Å². The average molecular weight is 347 g/mol. The van der Waals surface area contributed by atoms with Crippen LogP contribution in [0.1, 0.15) is 16.7 Å². The largest absolute Gasteiger partial charge is 0.493 e. The first-order chi connectivity index (χ1) is 12.6. The highest BCUT2D eigenvalue weighted by atomic mass is 16.6. The van der Waals surface area contributed by atoms with Gasteiger partial charge in [0.1, 0.15) is 6.61 Å². The van der Waals surface area contributed by atoms with Gasteiger partial charge in [-0.3, -0.25) is 0 Å². The number of carbonyl (C=O) groups excluding carboxylic acids is 1. The van der Waals surface area contributed by atoms with E-state index >= 15 is 0 Å². The highest BCUT2D eigenvalue weighted by Gasteiger charge is 2.24. The summed E-state index contributed by atoms with van der Waals surface area (Å²) in [5.74, 6) is 3.26. The number of terminal acetylenes is 1. The monoisotopic (exact) mass is 347 g/mol. The summed E-state index contributed by atoms with van der Waals surface area (Å²) in [5, 5.41) is 0. The number of aryl methyl sites for hydroxylation is 1. The molecule has 3 rings (SSSR count). The quantitative estimate of drug-likeness (QED) is 0.473. The molecule has 1 heterocycles. The summed E-state index contributed by atoms with van der Waals surface area (Å²) < 4.78 is 16.0. The van der Waals surface area contributed by atoms with Gasteiger partial charge in [-0.25, -0.2) is 9.79 Å². The van der Waals surface area contributed by atoms with Gasteiger partial charge in [-0.2, -0.15) is 0 Å². The summed E-state index contributed by atoms with van der Waals surface area (Å²) in [5.41, 5.74) is 2.78. The minimum atomic E-state index is -0.492. The smallest absolute Gasteiger partial charge is 0.363 e. The zero-order valence-corrected chi connectivity index (χ0v) is 14.5. The molecule has 0 spiro atoms. The van der Waals surface area contributed by atoms with E-state index in [0.29, 0.717) is 17.4 Å². The van der Waals surface area contributed by atoms with Crippen LogP contribution in [0.15, 0.2) is 53.2 Å². The number of cyclic esters (lactones) is 1. The predicted molar refractivity (Wildman–Crippen MR) is 99.1 cm³/mol. The van der Waals surface area contributed by atoms with Crippen LogP contribution in [0, 0.1) is 19.3 Å². The molecule has 0 fully saturated rings. The number of nitrogens with zero attached hydrogens (tertiary/aromatic N) is 1. The summed E-state index contributed by atoms with van der Waals surface area (Å²) in [4.78, 5) is 16.4. The second-order valence-electron chi connectivity index (χ2n) is 5.61. The topological polar surface area (TPSA) is 57.1 Å². The van der Waals surface area contributed by atoms with Gasteiger partial charge < -0.3 is 14.2 Å². The van der Waals surface area contributed by atoms with E-state index in [0.717, 1.165) is 16.7 Å². The first kappa shape index (κ1) is 17.3. The standard InChI is InChI=1S/C21H17NO4/c1-4-10-25-18-9-8-15(13-19(18)24-3)12-17-21(23)26-20(22-17)16-7-5-6-14(2)11-16/h1,5-9,11-13H,10H2,2-3H3. The third-order valence-electron chi connectivity index (χ3n) is 3.69. The predicted octanol–water partition coefficient (Wildman–Crippen LogP) is 3.36. The maximum atomic E-state index is 12.1. The van der Waals surface area contributed by atoms with Crippen molar-refractivity contribution in [1.82, 2.24) is 0 Å². The van der Waals surface area contributed by atoms with Crippen LogP contribution in [0.5, 0.6) is 11.5 Å². The van der Waals surface area contributed by atoms with Gasteiger partial charge in [0.25, 0.3) is 0 Å². The fraction of sp³-hybridized carbons (Fsp3) is 0.143. The van der Waals surface area contributed by atoms with E-state index in [1.54, 1.807) is 24.3 Å². The fourth-order valence-electron chi connectivity index (χ4n) is 2.48. The number of ether oxygens (including phenoxy) is 3. The van der Waals surface area contributed by atoms with Gasteiger partial charge in [0.2, 0.25) is 5.90 Å². The number of rotatable bonds is 5. The van der Waals surface area contributed by atoms with Crippen LogP contribution in [0.25, 0.3) is 6.08 Å². The minimum absolute atomic E-state index is 0.146. The van der Waals surface area contributed by atoms with Crippen molar-refractivity contribution in [1.29, 1.82) is 0 Å². The summed E-state index contributed by atoms with van der Waals surface area (Å²) in [6.45, 7) is 2.11. The highest BCUT2D eigenvalue weighted by molar-refractivity contribution is 6.12. The molecular formula is C21H17NO4. The van der Waals surface area contributed by atoms with Crippen LogP contribution in [-0.4, -0.2) is 25.6 Å². The normalized spacial score (nSPS) is 14.6. The molecule has 0 saturated carbocycles. The van der Waals surface area contributed by atoms with Crippen LogP contribution >= 0.6 is 0 Å². The highest BCUT2D eigenvalue weighted by Crippen LogP contribution is 2.29. The van der Waals surface area contributed by atoms with Crippen LogP contribution in [-0.2, 0) is 9.53 Å². The number of esters is 1. The van der Waals surface area contributed by atoms with Gasteiger partial charge in [-0.05, 0) is 42.8 Å². The fourth-order valence-corrected chi connectivity index (χ4v) is 2.48. The molecule has 0 radical (unpaired) electrons. The Morgan fingerprint density at radius 3 is 2.81 bits per heavy atom. The third kappa shape index (κ3) is 3.76.